The predicted molar refractivity (Wildman–Crippen MR) is 52.7 cm³/mol. The topological polar surface area (TPSA) is 20.2 Å². The van der Waals surface area contributed by atoms with E-state index in [1.54, 1.807) is 0 Å². The van der Waals surface area contributed by atoms with Crippen LogP contribution in [0.4, 0.5) is 0 Å². The fraction of sp³-hybridized carbons (Fsp3) is 1.00. The monoisotopic (exact) mass is 176 g/mol. The van der Waals surface area contributed by atoms with E-state index in [0.29, 0.717) is 0 Å². The van der Waals surface area contributed by atoms with Crippen LogP contribution < -0.4 is 0 Å². The van der Waals surface area contributed by atoms with Crippen LogP contribution in [0.1, 0.15) is 0 Å². The highest BCUT2D eigenvalue weighted by Gasteiger charge is 2.21. The van der Waals surface area contributed by atoms with E-state index in [1.807, 2.05) is 13.1 Å². The molecule has 0 atom stereocenters. The zero-order valence-electron chi connectivity index (χ0n) is 7.86. The predicted octanol–water partition coefficient (Wildman–Crippen LogP) is 2.52. The Hall–Kier alpha value is 0.394. The lowest BCUT2D eigenvalue weighted by Gasteiger charge is -2.20. The first-order chi connectivity index (χ1) is 4.21. The second-order valence-corrected chi connectivity index (χ2v) is 14.6. The van der Waals surface area contributed by atoms with Crippen LogP contribution in [-0.2, 0) is 0 Å². The molecule has 10 heavy (non-hydrogen) atoms. The van der Waals surface area contributed by atoms with Crippen LogP contribution in [0, 0.1) is 0 Å². The van der Waals surface area contributed by atoms with Gasteiger partial charge in [-0.25, -0.2) is 0 Å². The molecule has 0 saturated carbocycles. The summed E-state index contributed by atoms with van der Waals surface area (Å²) in [7, 11) is -2.62. The van der Waals surface area contributed by atoms with Crippen molar-refractivity contribution in [2.75, 3.05) is 0 Å². The van der Waals surface area contributed by atoms with Crippen LogP contribution in [0.5, 0.6) is 0 Å². The average molecular weight is 176 g/mol. The second-order valence-electron chi connectivity index (χ2n) is 4.87. The van der Waals surface area contributed by atoms with Gasteiger partial charge in [0.05, 0.1) is 0 Å². The molecule has 0 aliphatic heterocycles. The summed E-state index contributed by atoms with van der Waals surface area (Å²) in [6, 6.07) is 2.37. The van der Waals surface area contributed by atoms with E-state index in [9.17, 15) is 4.80 Å². The van der Waals surface area contributed by atoms with Gasteiger partial charge in [-0.1, -0.05) is 25.7 Å². The van der Waals surface area contributed by atoms with Gasteiger partial charge in [0.25, 0.3) is 0 Å². The van der Waals surface area contributed by atoms with Crippen molar-refractivity contribution in [1.29, 1.82) is 0 Å². The molecule has 0 saturated heterocycles. The van der Waals surface area contributed by atoms with Crippen LogP contribution in [0.15, 0.2) is 0 Å². The Bertz CT molecular complexity index is 85.2. The Morgan fingerprint density at radius 3 is 1.40 bits per heavy atom. The Morgan fingerprint density at radius 2 is 1.30 bits per heavy atom. The summed E-state index contributed by atoms with van der Waals surface area (Å²) >= 11 is 0. The van der Waals surface area contributed by atoms with Gasteiger partial charge in [-0.2, -0.15) is 0 Å². The van der Waals surface area contributed by atoms with Crippen molar-refractivity contribution in [2.45, 2.75) is 44.8 Å². The van der Waals surface area contributed by atoms with Crippen LogP contribution in [-0.4, -0.2) is 21.2 Å². The molecule has 0 fully saturated rings. The summed E-state index contributed by atoms with van der Waals surface area (Å²) in [6.45, 7) is 11.1. The highest BCUT2D eigenvalue weighted by Crippen LogP contribution is 2.17. The molecule has 0 aliphatic rings. The molecule has 1 nitrogen and oxygen atoms in total. The molecule has 0 aliphatic carbocycles. The van der Waals surface area contributed by atoms with E-state index in [2.05, 4.69) is 19.6 Å². The van der Waals surface area contributed by atoms with E-state index in [0.717, 1.165) is 6.04 Å². The van der Waals surface area contributed by atoms with E-state index in [-0.39, 0.29) is 0 Å². The molecule has 0 aromatic carbocycles. The highest BCUT2D eigenvalue weighted by molar-refractivity contribution is 6.79. The summed E-state index contributed by atoms with van der Waals surface area (Å²) in [5.41, 5.74) is 0. The van der Waals surface area contributed by atoms with Gasteiger partial charge < -0.3 is 4.80 Å². The largest absolute Gasteiger partial charge is 0.432 e. The SMILES string of the molecule is C[Si](C)(C)CC[Si](C)(C)O. The third kappa shape index (κ3) is 8.39. The molecule has 0 amide bonds. The van der Waals surface area contributed by atoms with Crippen LogP contribution in [0.25, 0.3) is 0 Å². The first-order valence-corrected chi connectivity index (χ1v) is 10.8. The van der Waals surface area contributed by atoms with Gasteiger partial charge in [0.2, 0.25) is 0 Å². The molecule has 0 spiro atoms. The molecule has 62 valence electrons. The van der Waals surface area contributed by atoms with Gasteiger partial charge in [-0.05, 0) is 19.1 Å². The lowest BCUT2D eigenvalue weighted by atomic mass is 10.9. The minimum Gasteiger partial charge on any atom is -0.432 e. The van der Waals surface area contributed by atoms with E-state index in [4.69, 9.17) is 0 Å². The number of hydrogen-bond donors (Lipinski definition) is 1. The highest BCUT2D eigenvalue weighted by atomic mass is 28.4. The lowest BCUT2D eigenvalue weighted by Crippen LogP contribution is -2.29. The van der Waals surface area contributed by atoms with E-state index < -0.39 is 16.4 Å². The van der Waals surface area contributed by atoms with Crippen molar-refractivity contribution in [3.63, 3.8) is 0 Å². The number of hydrogen-bond acceptors (Lipinski definition) is 1. The maximum Gasteiger partial charge on any atom is 0.182 e. The zero-order chi connectivity index (χ0) is 8.41. The summed E-state index contributed by atoms with van der Waals surface area (Å²) in [6.07, 6.45) is 0. The van der Waals surface area contributed by atoms with Gasteiger partial charge in [0.15, 0.2) is 8.32 Å². The van der Waals surface area contributed by atoms with Crippen LogP contribution in [0.3, 0.4) is 0 Å². The van der Waals surface area contributed by atoms with Crippen molar-refractivity contribution in [2.24, 2.45) is 0 Å². The molecular formula is C7H20OSi2. The fourth-order valence-corrected chi connectivity index (χ4v) is 6.13. The fourth-order valence-electron chi connectivity index (χ4n) is 0.681. The molecule has 1 N–H and O–H groups in total. The first kappa shape index (κ1) is 10.4. The summed E-state index contributed by atoms with van der Waals surface area (Å²) in [4.78, 5) is 9.54. The Labute approximate surface area is 66.6 Å². The minimum atomic E-state index is -1.73. The molecular weight excluding hydrogens is 156 g/mol. The summed E-state index contributed by atoms with van der Waals surface area (Å²) in [5, 5.41) is 0. The maximum atomic E-state index is 9.54. The Morgan fingerprint density at radius 1 is 0.900 bits per heavy atom. The summed E-state index contributed by atoms with van der Waals surface area (Å²) < 4.78 is 0. The minimum absolute atomic E-state index is 0.892. The standard InChI is InChI=1S/C7H20OSi2/c1-9(2,3)6-7-10(4,5)8/h8H,6-7H2,1-5H3. The molecule has 0 aromatic rings. The number of rotatable bonds is 3. The third-order valence-electron chi connectivity index (χ3n) is 1.49. The molecule has 0 aromatic heterocycles. The van der Waals surface area contributed by atoms with Gasteiger partial charge in [0, 0.05) is 8.07 Å². The average Bonchev–Trinajstić information content (AvgIpc) is 1.57. The van der Waals surface area contributed by atoms with Crippen molar-refractivity contribution in [3.05, 3.63) is 0 Å². The lowest BCUT2D eigenvalue weighted by molar-refractivity contribution is 0.551. The normalized spacial score (nSPS) is 13.8. The van der Waals surface area contributed by atoms with Crippen molar-refractivity contribution < 1.29 is 4.80 Å². The van der Waals surface area contributed by atoms with Crippen molar-refractivity contribution in [3.8, 4) is 0 Å². The molecule has 0 bridgehead atoms. The molecule has 0 heterocycles. The smallest absolute Gasteiger partial charge is 0.182 e. The van der Waals surface area contributed by atoms with Crippen molar-refractivity contribution in [1.82, 2.24) is 0 Å². The van der Waals surface area contributed by atoms with Crippen molar-refractivity contribution >= 4 is 16.4 Å². The summed E-state index contributed by atoms with van der Waals surface area (Å²) in [5.74, 6) is 0. The molecule has 0 rings (SSSR count). The Balaban J connectivity index is 3.56. The second kappa shape index (κ2) is 3.19. The first-order valence-electron chi connectivity index (χ1n) is 3.93. The van der Waals surface area contributed by atoms with Gasteiger partial charge in [0.1, 0.15) is 0 Å². The molecule has 0 unspecified atom stereocenters. The quantitative estimate of drug-likeness (QED) is 0.655. The van der Waals surface area contributed by atoms with E-state index in [1.165, 1.54) is 6.04 Å². The molecule has 0 radical (unpaired) electrons. The van der Waals surface area contributed by atoms with Gasteiger partial charge in [-0.3, -0.25) is 0 Å². The maximum absolute atomic E-state index is 9.54. The Kier molecular flexibility index (Phi) is 3.32. The van der Waals surface area contributed by atoms with Crippen LogP contribution in [0.2, 0.25) is 44.8 Å². The third-order valence-corrected chi connectivity index (χ3v) is 5.21. The van der Waals surface area contributed by atoms with Crippen LogP contribution >= 0.6 is 0 Å². The van der Waals surface area contributed by atoms with E-state index >= 15 is 0 Å². The molecule has 3 heteroatoms. The van der Waals surface area contributed by atoms with Gasteiger partial charge >= 0.3 is 0 Å². The zero-order valence-corrected chi connectivity index (χ0v) is 9.86. The van der Waals surface area contributed by atoms with Gasteiger partial charge in [-0.15, -0.1) is 0 Å².